The van der Waals surface area contributed by atoms with Crippen LogP contribution in [0.5, 0.6) is 0 Å². The second-order valence-electron chi connectivity index (χ2n) is 4.61. The molecule has 2 atom stereocenters. The summed E-state index contributed by atoms with van der Waals surface area (Å²) in [4.78, 5) is 2.55. The largest absolute Gasteiger partial charge is 0.327 e. The second-order valence-corrected chi connectivity index (χ2v) is 5.39. The molecule has 0 aliphatic carbocycles. The Morgan fingerprint density at radius 2 is 2.47 bits per heavy atom. The number of likely N-dealkylation sites (tertiary alicyclic amines) is 1. The number of nitrogens with zero attached hydrogens (tertiary/aromatic N) is 1. The first kappa shape index (κ1) is 11.1. The van der Waals surface area contributed by atoms with Crippen molar-refractivity contribution in [2.45, 2.75) is 25.8 Å². The molecule has 2 heterocycles. The molecule has 1 saturated heterocycles. The third kappa shape index (κ3) is 3.03. The summed E-state index contributed by atoms with van der Waals surface area (Å²) >= 11 is 1.79. The number of piperidine rings is 1. The van der Waals surface area contributed by atoms with E-state index < -0.39 is 0 Å². The summed E-state index contributed by atoms with van der Waals surface area (Å²) in [5, 5.41) is 4.41. The van der Waals surface area contributed by atoms with Gasteiger partial charge in [-0.1, -0.05) is 6.92 Å². The summed E-state index contributed by atoms with van der Waals surface area (Å²) in [6.07, 6.45) is 2.34. The SMILES string of the molecule is CC1CN(CCc2ccsc2)CCC1N. The van der Waals surface area contributed by atoms with Gasteiger partial charge in [0.2, 0.25) is 0 Å². The highest BCUT2D eigenvalue weighted by Gasteiger charge is 2.22. The Kier molecular flexibility index (Phi) is 3.78. The molecule has 1 aromatic heterocycles. The van der Waals surface area contributed by atoms with Crippen LogP contribution >= 0.6 is 11.3 Å². The van der Waals surface area contributed by atoms with Crippen molar-refractivity contribution in [1.29, 1.82) is 0 Å². The molecule has 3 heteroatoms. The number of thiophene rings is 1. The van der Waals surface area contributed by atoms with Crippen molar-refractivity contribution in [3.8, 4) is 0 Å². The fourth-order valence-corrected chi connectivity index (χ4v) is 2.88. The summed E-state index contributed by atoms with van der Waals surface area (Å²) in [7, 11) is 0. The minimum Gasteiger partial charge on any atom is -0.327 e. The van der Waals surface area contributed by atoms with Crippen molar-refractivity contribution in [2.75, 3.05) is 19.6 Å². The number of hydrogen-bond donors (Lipinski definition) is 1. The molecule has 0 amide bonds. The second kappa shape index (κ2) is 5.10. The van der Waals surface area contributed by atoms with Crippen LogP contribution in [0.15, 0.2) is 16.8 Å². The van der Waals surface area contributed by atoms with Crippen molar-refractivity contribution < 1.29 is 0 Å². The zero-order chi connectivity index (χ0) is 10.7. The van der Waals surface area contributed by atoms with E-state index in [1.165, 1.54) is 31.6 Å². The molecule has 2 rings (SSSR count). The molecule has 2 unspecified atom stereocenters. The number of rotatable bonds is 3. The molecule has 84 valence electrons. The van der Waals surface area contributed by atoms with Crippen LogP contribution in [0.2, 0.25) is 0 Å². The smallest absolute Gasteiger partial charge is 0.00889 e. The predicted octanol–water partition coefficient (Wildman–Crippen LogP) is 1.96. The first-order valence-electron chi connectivity index (χ1n) is 5.74. The standard InChI is InChI=1S/C12H20N2S/c1-10-8-14(6-3-12(10)13)5-2-11-4-7-15-9-11/h4,7,9-10,12H,2-3,5-6,8,13H2,1H3. The monoisotopic (exact) mass is 224 g/mol. The lowest BCUT2D eigenvalue weighted by molar-refractivity contribution is 0.166. The van der Waals surface area contributed by atoms with Crippen molar-refractivity contribution >= 4 is 11.3 Å². The lowest BCUT2D eigenvalue weighted by Crippen LogP contribution is -2.46. The van der Waals surface area contributed by atoms with E-state index in [1.807, 2.05) is 0 Å². The average molecular weight is 224 g/mol. The maximum absolute atomic E-state index is 6.01. The molecule has 0 aromatic carbocycles. The zero-order valence-corrected chi connectivity index (χ0v) is 10.2. The molecule has 2 N–H and O–H groups in total. The summed E-state index contributed by atoms with van der Waals surface area (Å²) in [6.45, 7) is 5.80. The van der Waals surface area contributed by atoms with Crippen molar-refractivity contribution in [2.24, 2.45) is 11.7 Å². The Bertz CT molecular complexity index is 284. The van der Waals surface area contributed by atoms with Crippen LogP contribution in [-0.4, -0.2) is 30.6 Å². The minimum atomic E-state index is 0.419. The van der Waals surface area contributed by atoms with E-state index in [4.69, 9.17) is 5.73 Å². The maximum Gasteiger partial charge on any atom is 0.00889 e. The molecular weight excluding hydrogens is 204 g/mol. The highest BCUT2D eigenvalue weighted by atomic mass is 32.1. The molecule has 15 heavy (non-hydrogen) atoms. The van der Waals surface area contributed by atoms with Gasteiger partial charge in [-0.25, -0.2) is 0 Å². The molecule has 1 fully saturated rings. The van der Waals surface area contributed by atoms with Crippen LogP contribution in [0.25, 0.3) is 0 Å². The first-order chi connectivity index (χ1) is 7.25. The van der Waals surface area contributed by atoms with E-state index in [2.05, 4.69) is 28.7 Å². The Morgan fingerprint density at radius 3 is 3.13 bits per heavy atom. The van der Waals surface area contributed by atoms with E-state index in [-0.39, 0.29) is 0 Å². The quantitative estimate of drug-likeness (QED) is 0.850. The van der Waals surface area contributed by atoms with Crippen LogP contribution in [0.3, 0.4) is 0 Å². The predicted molar refractivity (Wildman–Crippen MR) is 66.2 cm³/mol. The van der Waals surface area contributed by atoms with Gasteiger partial charge >= 0.3 is 0 Å². The van der Waals surface area contributed by atoms with Crippen molar-refractivity contribution in [3.05, 3.63) is 22.4 Å². The molecule has 2 nitrogen and oxygen atoms in total. The fraction of sp³-hybridized carbons (Fsp3) is 0.667. The molecule has 1 aliphatic heterocycles. The normalized spacial score (nSPS) is 28.1. The minimum absolute atomic E-state index is 0.419. The maximum atomic E-state index is 6.01. The van der Waals surface area contributed by atoms with Gasteiger partial charge in [-0.05, 0) is 47.7 Å². The summed E-state index contributed by atoms with van der Waals surface area (Å²) in [5.41, 5.74) is 7.48. The van der Waals surface area contributed by atoms with E-state index in [1.54, 1.807) is 11.3 Å². The van der Waals surface area contributed by atoms with Gasteiger partial charge in [0, 0.05) is 19.1 Å². The molecule has 0 bridgehead atoms. The van der Waals surface area contributed by atoms with Gasteiger partial charge in [-0.15, -0.1) is 0 Å². The Hall–Kier alpha value is -0.380. The topological polar surface area (TPSA) is 29.3 Å². The van der Waals surface area contributed by atoms with Crippen molar-refractivity contribution in [3.63, 3.8) is 0 Å². The fourth-order valence-electron chi connectivity index (χ4n) is 2.18. The average Bonchev–Trinajstić information content (AvgIpc) is 2.73. The Labute approximate surface area is 96.1 Å². The zero-order valence-electron chi connectivity index (χ0n) is 9.36. The Morgan fingerprint density at radius 1 is 1.60 bits per heavy atom. The van der Waals surface area contributed by atoms with E-state index in [9.17, 15) is 0 Å². The summed E-state index contributed by atoms with van der Waals surface area (Å²) in [6, 6.07) is 2.64. The van der Waals surface area contributed by atoms with E-state index >= 15 is 0 Å². The van der Waals surface area contributed by atoms with Crippen LogP contribution in [0, 0.1) is 5.92 Å². The molecule has 1 aromatic rings. The lowest BCUT2D eigenvalue weighted by Gasteiger charge is -2.35. The van der Waals surface area contributed by atoms with Gasteiger partial charge in [0.1, 0.15) is 0 Å². The molecule has 1 aliphatic rings. The van der Waals surface area contributed by atoms with Crippen LogP contribution in [0.1, 0.15) is 18.9 Å². The van der Waals surface area contributed by atoms with Crippen LogP contribution < -0.4 is 5.73 Å². The summed E-state index contributed by atoms with van der Waals surface area (Å²) in [5.74, 6) is 0.654. The highest BCUT2D eigenvalue weighted by Crippen LogP contribution is 2.15. The van der Waals surface area contributed by atoms with E-state index in [0.717, 1.165) is 6.42 Å². The van der Waals surface area contributed by atoms with E-state index in [0.29, 0.717) is 12.0 Å². The van der Waals surface area contributed by atoms with Crippen LogP contribution in [-0.2, 0) is 6.42 Å². The number of nitrogens with two attached hydrogens (primary N) is 1. The lowest BCUT2D eigenvalue weighted by atomic mass is 9.94. The highest BCUT2D eigenvalue weighted by molar-refractivity contribution is 7.07. The summed E-state index contributed by atoms with van der Waals surface area (Å²) < 4.78 is 0. The van der Waals surface area contributed by atoms with Gasteiger partial charge < -0.3 is 10.6 Å². The third-order valence-corrected chi connectivity index (χ3v) is 4.08. The van der Waals surface area contributed by atoms with Gasteiger partial charge in [-0.2, -0.15) is 11.3 Å². The van der Waals surface area contributed by atoms with Gasteiger partial charge in [0.05, 0.1) is 0 Å². The molecule has 0 saturated carbocycles. The third-order valence-electron chi connectivity index (χ3n) is 3.35. The van der Waals surface area contributed by atoms with Gasteiger partial charge in [0.25, 0.3) is 0 Å². The van der Waals surface area contributed by atoms with Gasteiger partial charge in [-0.3, -0.25) is 0 Å². The van der Waals surface area contributed by atoms with Gasteiger partial charge in [0.15, 0.2) is 0 Å². The van der Waals surface area contributed by atoms with Crippen molar-refractivity contribution in [1.82, 2.24) is 4.90 Å². The molecule has 0 radical (unpaired) electrons. The molecule has 0 spiro atoms. The first-order valence-corrected chi connectivity index (χ1v) is 6.69. The molecular formula is C12H20N2S. The van der Waals surface area contributed by atoms with Crippen LogP contribution in [0.4, 0.5) is 0 Å². The number of hydrogen-bond acceptors (Lipinski definition) is 3. The Balaban J connectivity index is 1.76.